The Kier molecular flexibility index (Phi) is 13.2. The average molecular weight is 503 g/mol. The summed E-state index contributed by atoms with van der Waals surface area (Å²) in [6.07, 6.45) is -0.310. The van der Waals surface area contributed by atoms with Crippen LogP contribution in [0.2, 0.25) is 0 Å². The number of aliphatic hydroxyl groups excluding tert-OH is 1. The number of carbonyl (C=O) groups is 3. The number of aliphatic hydroxyl groups is 1. The van der Waals surface area contributed by atoms with Crippen LogP contribution in [0.25, 0.3) is 0 Å². The fourth-order valence-electron chi connectivity index (χ4n) is 3.27. The van der Waals surface area contributed by atoms with Crippen molar-refractivity contribution in [1.29, 1.82) is 0 Å². The van der Waals surface area contributed by atoms with Gasteiger partial charge in [-0.15, -0.1) is 0 Å². The summed E-state index contributed by atoms with van der Waals surface area (Å²) in [5.74, 6) is -2.15. The monoisotopic (exact) mass is 502 g/mol. The SMILES string of the molecule is CC(C)(C)OC(=O)NC(Cc1ccccc1)CC(O)C(N)Cc1ccccc1.O=C(O)CCC(=O)O. The van der Waals surface area contributed by atoms with Crippen molar-refractivity contribution in [1.82, 2.24) is 5.32 Å². The molecule has 0 aromatic heterocycles. The Morgan fingerprint density at radius 1 is 0.861 bits per heavy atom. The Bertz CT molecular complexity index is 916. The van der Waals surface area contributed by atoms with Crippen LogP contribution >= 0.6 is 0 Å². The van der Waals surface area contributed by atoms with E-state index in [1.807, 2.05) is 81.4 Å². The van der Waals surface area contributed by atoms with Gasteiger partial charge in [-0.1, -0.05) is 60.7 Å². The molecule has 0 fully saturated rings. The van der Waals surface area contributed by atoms with Gasteiger partial charge in [-0.05, 0) is 51.2 Å². The van der Waals surface area contributed by atoms with Crippen LogP contribution in [0, 0.1) is 0 Å². The third kappa shape index (κ3) is 14.7. The minimum absolute atomic E-state index is 0.283. The van der Waals surface area contributed by atoms with E-state index in [0.717, 1.165) is 11.1 Å². The zero-order chi connectivity index (χ0) is 27.1. The van der Waals surface area contributed by atoms with E-state index >= 15 is 0 Å². The summed E-state index contributed by atoms with van der Waals surface area (Å²) < 4.78 is 5.38. The lowest BCUT2D eigenvalue weighted by atomic mass is 9.94. The highest BCUT2D eigenvalue weighted by atomic mass is 16.6. The summed E-state index contributed by atoms with van der Waals surface area (Å²) in [5, 5.41) is 29.3. The van der Waals surface area contributed by atoms with Gasteiger partial charge in [-0.3, -0.25) is 9.59 Å². The highest BCUT2D eigenvalue weighted by molar-refractivity contribution is 5.75. The van der Waals surface area contributed by atoms with Crippen LogP contribution in [0.15, 0.2) is 60.7 Å². The van der Waals surface area contributed by atoms with Gasteiger partial charge in [0.05, 0.1) is 18.9 Å². The van der Waals surface area contributed by atoms with Gasteiger partial charge < -0.3 is 31.1 Å². The second kappa shape index (κ2) is 15.5. The summed E-state index contributed by atoms with van der Waals surface area (Å²) in [7, 11) is 0. The van der Waals surface area contributed by atoms with Gasteiger partial charge in [0.2, 0.25) is 0 Å². The summed E-state index contributed by atoms with van der Waals surface area (Å²) in [6, 6.07) is 19.0. The van der Waals surface area contributed by atoms with Gasteiger partial charge in [0.25, 0.3) is 0 Å². The largest absolute Gasteiger partial charge is 0.481 e. The number of hydrogen-bond donors (Lipinski definition) is 5. The van der Waals surface area contributed by atoms with Gasteiger partial charge in [0.1, 0.15) is 5.60 Å². The van der Waals surface area contributed by atoms with Gasteiger partial charge in [0.15, 0.2) is 0 Å². The number of alkyl carbamates (subject to hydrolysis) is 1. The normalized spacial score (nSPS) is 13.4. The van der Waals surface area contributed by atoms with Crippen LogP contribution in [-0.2, 0) is 27.2 Å². The van der Waals surface area contributed by atoms with E-state index < -0.39 is 35.8 Å². The van der Waals surface area contributed by atoms with E-state index in [-0.39, 0.29) is 18.9 Å². The predicted molar refractivity (Wildman–Crippen MR) is 137 cm³/mol. The molecule has 0 aliphatic heterocycles. The van der Waals surface area contributed by atoms with Crippen molar-refractivity contribution >= 4 is 18.0 Å². The van der Waals surface area contributed by atoms with Crippen molar-refractivity contribution < 1.29 is 34.4 Å². The van der Waals surface area contributed by atoms with Crippen LogP contribution < -0.4 is 11.1 Å². The summed E-state index contributed by atoms with van der Waals surface area (Å²) in [5.41, 5.74) is 7.80. The van der Waals surface area contributed by atoms with E-state index in [0.29, 0.717) is 19.3 Å². The number of amides is 1. The van der Waals surface area contributed by atoms with Crippen molar-refractivity contribution in [2.75, 3.05) is 0 Å². The Morgan fingerprint density at radius 2 is 1.31 bits per heavy atom. The molecule has 1 amide bonds. The van der Waals surface area contributed by atoms with Gasteiger partial charge in [-0.2, -0.15) is 0 Å². The van der Waals surface area contributed by atoms with Crippen molar-refractivity contribution in [3.05, 3.63) is 71.8 Å². The second-order valence-electron chi connectivity index (χ2n) is 9.48. The molecule has 0 saturated heterocycles. The lowest BCUT2D eigenvalue weighted by Crippen LogP contribution is -2.46. The van der Waals surface area contributed by atoms with Crippen molar-refractivity contribution in [3.8, 4) is 0 Å². The molecule has 0 bridgehead atoms. The molecule has 9 nitrogen and oxygen atoms in total. The van der Waals surface area contributed by atoms with E-state index in [1.54, 1.807) is 0 Å². The number of carboxylic acids is 2. The highest BCUT2D eigenvalue weighted by Crippen LogP contribution is 2.14. The first kappa shape index (κ1) is 30.6. The van der Waals surface area contributed by atoms with Crippen LogP contribution in [0.5, 0.6) is 0 Å². The standard InChI is InChI=1S/C23H32N2O3.C4H6O4/c1-23(2,3)28-22(27)25-19(14-17-10-6-4-7-11-17)16-21(26)20(24)15-18-12-8-5-9-13-18;5-3(6)1-2-4(7)8/h4-13,19-21,26H,14-16,24H2,1-3H3,(H,25,27);1-2H2,(H,5,6)(H,7,8). The average Bonchev–Trinajstić information content (AvgIpc) is 2.78. The number of ether oxygens (including phenoxy) is 1. The van der Waals surface area contributed by atoms with Crippen LogP contribution in [0.3, 0.4) is 0 Å². The minimum Gasteiger partial charge on any atom is -0.481 e. The molecule has 0 saturated carbocycles. The van der Waals surface area contributed by atoms with Crippen LogP contribution in [0.4, 0.5) is 4.79 Å². The van der Waals surface area contributed by atoms with Gasteiger partial charge in [-0.25, -0.2) is 4.79 Å². The lowest BCUT2D eigenvalue weighted by Gasteiger charge is -2.27. The Balaban J connectivity index is 0.000000697. The van der Waals surface area contributed by atoms with Crippen molar-refractivity contribution in [2.45, 2.75) is 76.7 Å². The maximum absolute atomic E-state index is 12.3. The van der Waals surface area contributed by atoms with E-state index in [2.05, 4.69) is 5.32 Å². The first-order chi connectivity index (χ1) is 16.9. The molecule has 0 spiro atoms. The predicted octanol–water partition coefficient (Wildman–Crippen LogP) is 3.38. The van der Waals surface area contributed by atoms with Crippen LogP contribution in [0.1, 0.15) is 51.2 Å². The van der Waals surface area contributed by atoms with E-state index in [1.165, 1.54) is 0 Å². The molecule has 3 atom stereocenters. The first-order valence-electron chi connectivity index (χ1n) is 11.8. The summed E-state index contributed by atoms with van der Waals surface area (Å²) in [6.45, 7) is 5.47. The molecule has 6 N–H and O–H groups in total. The zero-order valence-corrected chi connectivity index (χ0v) is 21.1. The van der Waals surface area contributed by atoms with Gasteiger partial charge in [0, 0.05) is 12.1 Å². The fraction of sp³-hybridized carbons (Fsp3) is 0.444. The molecule has 3 unspecified atom stereocenters. The molecular weight excluding hydrogens is 464 g/mol. The second-order valence-corrected chi connectivity index (χ2v) is 9.48. The molecule has 198 valence electrons. The van der Waals surface area contributed by atoms with E-state index in [4.69, 9.17) is 20.7 Å². The number of hydrogen-bond acceptors (Lipinski definition) is 6. The van der Waals surface area contributed by atoms with Crippen molar-refractivity contribution in [3.63, 3.8) is 0 Å². The fourth-order valence-corrected chi connectivity index (χ4v) is 3.27. The Hall–Kier alpha value is -3.43. The minimum atomic E-state index is -1.08. The van der Waals surface area contributed by atoms with Crippen LogP contribution in [-0.4, -0.2) is 57.1 Å². The molecular formula is C27H38N2O7. The molecule has 0 heterocycles. The number of rotatable bonds is 11. The number of nitrogens with two attached hydrogens (primary N) is 1. The molecule has 9 heteroatoms. The maximum Gasteiger partial charge on any atom is 0.407 e. The lowest BCUT2D eigenvalue weighted by molar-refractivity contribution is -0.143. The molecule has 2 rings (SSSR count). The molecule has 2 aromatic rings. The zero-order valence-electron chi connectivity index (χ0n) is 21.1. The van der Waals surface area contributed by atoms with Gasteiger partial charge >= 0.3 is 18.0 Å². The maximum atomic E-state index is 12.3. The molecule has 2 aromatic carbocycles. The first-order valence-corrected chi connectivity index (χ1v) is 11.8. The number of aliphatic carboxylic acids is 2. The molecule has 0 aliphatic carbocycles. The highest BCUT2D eigenvalue weighted by Gasteiger charge is 2.24. The summed E-state index contributed by atoms with van der Waals surface area (Å²) in [4.78, 5) is 31.5. The molecule has 0 aliphatic rings. The number of carbonyl (C=O) groups excluding carboxylic acids is 1. The summed E-state index contributed by atoms with van der Waals surface area (Å²) >= 11 is 0. The number of carboxylic acid groups (broad SMARTS) is 2. The smallest absolute Gasteiger partial charge is 0.407 e. The molecule has 0 radical (unpaired) electrons. The quantitative estimate of drug-likeness (QED) is 0.313. The van der Waals surface area contributed by atoms with E-state index in [9.17, 15) is 19.5 Å². The Morgan fingerprint density at radius 3 is 1.72 bits per heavy atom. The Labute approximate surface area is 212 Å². The third-order valence-electron chi connectivity index (χ3n) is 4.93. The van der Waals surface area contributed by atoms with Crippen molar-refractivity contribution in [2.24, 2.45) is 5.73 Å². The number of nitrogens with one attached hydrogen (secondary N) is 1. The third-order valence-corrected chi connectivity index (χ3v) is 4.93. The topological polar surface area (TPSA) is 159 Å². The molecule has 36 heavy (non-hydrogen) atoms. The number of benzene rings is 2.